The van der Waals surface area contributed by atoms with Gasteiger partial charge in [0.05, 0.1) is 6.61 Å². The standard InChI is InChI=1S/C11H15N.C3H6O2/c1-10-7-8-12(10)9-11-5-3-2-4-6-11;1-2-5-3-4/h2-6,10H,7-9H2,1H3;3H,2H2,1H3. The molecule has 0 saturated carbocycles. The second-order valence-electron chi connectivity index (χ2n) is 4.15. The van der Waals surface area contributed by atoms with Crippen LogP contribution in [0.1, 0.15) is 25.8 Å². The lowest BCUT2D eigenvalue weighted by Crippen LogP contribution is -2.44. The number of nitrogens with zero attached hydrogens (tertiary/aromatic N) is 1. The zero-order valence-corrected chi connectivity index (χ0v) is 10.6. The van der Waals surface area contributed by atoms with Gasteiger partial charge in [0.1, 0.15) is 0 Å². The Morgan fingerprint density at radius 2 is 2.12 bits per heavy atom. The molecular weight excluding hydrogens is 214 g/mol. The van der Waals surface area contributed by atoms with E-state index in [1.54, 1.807) is 6.92 Å². The van der Waals surface area contributed by atoms with Crippen molar-refractivity contribution in [1.29, 1.82) is 0 Å². The zero-order valence-electron chi connectivity index (χ0n) is 10.6. The van der Waals surface area contributed by atoms with Crippen molar-refractivity contribution in [2.45, 2.75) is 32.9 Å². The smallest absolute Gasteiger partial charge is 0.293 e. The van der Waals surface area contributed by atoms with E-state index in [9.17, 15) is 4.79 Å². The summed E-state index contributed by atoms with van der Waals surface area (Å²) in [5.74, 6) is 0. The number of benzene rings is 1. The summed E-state index contributed by atoms with van der Waals surface area (Å²) < 4.78 is 4.15. The highest BCUT2D eigenvalue weighted by Gasteiger charge is 2.22. The molecule has 2 rings (SSSR count). The Bertz CT molecular complexity index is 313. The third kappa shape index (κ3) is 5.00. The Labute approximate surface area is 103 Å². The van der Waals surface area contributed by atoms with Crippen molar-refractivity contribution < 1.29 is 9.53 Å². The summed E-state index contributed by atoms with van der Waals surface area (Å²) in [4.78, 5) is 11.7. The molecule has 1 aliphatic heterocycles. The van der Waals surface area contributed by atoms with Crippen LogP contribution in [-0.2, 0) is 16.1 Å². The summed E-state index contributed by atoms with van der Waals surface area (Å²) in [7, 11) is 0. The lowest BCUT2D eigenvalue weighted by atomic mass is 10.0. The van der Waals surface area contributed by atoms with E-state index in [4.69, 9.17) is 0 Å². The molecule has 0 radical (unpaired) electrons. The van der Waals surface area contributed by atoms with Crippen LogP contribution in [0.15, 0.2) is 30.3 Å². The van der Waals surface area contributed by atoms with Crippen LogP contribution in [0, 0.1) is 0 Å². The molecule has 94 valence electrons. The largest absolute Gasteiger partial charge is 0.468 e. The van der Waals surface area contributed by atoms with Crippen LogP contribution >= 0.6 is 0 Å². The molecule has 0 bridgehead atoms. The molecule has 1 unspecified atom stereocenters. The van der Waals surface area contributed by atoms with Gasteiger partial charge in [0, 0.05) is 19.1 Å². The molecule has 0 aliphatic carbocycles. The Kier molecular flexibility index (Phi) is 6.33. The summed E-state index contributed by atoms with van der Waals surface area (Å²) >= 11 is 0. The Morgan fingerprint density at radius 3 is 2.47 bits per heavy atom. The number of hydrogen-bond acceptors (Lipinski definition) is 3. The first-order valence-corrected chi connectivity index (χ1v) is 6.11. The van der Waals surface area contributed by atoms with Gasteiger partial charge >= 0.3 is 0 Å². The average Bonchev–Trinajstić information content (AvgIpc) is 2.37. The maximum Gasteiger partial charge on any atom is 0.293 e. The van der Waals surface area contributed by atoms with E-state index in [-0.39, 0.29) is 0 Å². The Morgan fingerprint density at radius 1 is 1.41 bits per heavy atom. The van der Waals surface area contributed by atoms with Crippen LogP contribution in [0.5, 0.6) is 0 Å². The van der Waals surface area contributed by atoms with Gasteiger partial charge in [-0.2, -0.15) is 0 Å². The van der Waals surface area contributed by atoms with Crippen LogP contribution in [0.25, 0.3) is 0 Å². The highest BCUT2D eigenvalue weighted by Crippen LogP contribution is 2.19. The van der Waals surface area contributed by atoms with Crippen LogP contribution in [-0.4, -0.2) is 30.6 Å². The van der Waals surface area contributed by atoms with Gasteiger partial charge < -0.3 is 4.74 Å². The predicted octanol–water partition coefficient (Wildman–Crippen LogP) is 2.46. The second-order valence-corrected chi connectivity index (χ2v) is 4.15. The number of hydrogen-bond donors (Lipinski definition) is 0. The van der Waals surface area contributed by atoms with Crippen LogP contribution in [0.4, 0.5) is 0 Å². The number of ether oxygens (including phenoxy) is 1. The van der Waals surface area contributed by atoms with Gasteiger partial charge in [-0.05, 0) is 25.8 Å². The van der Waals surface area contributed by atoms with Crippen molar-refractivity contribution >= 4 is 6.47 Å². The van der Waals surface area contributed by atoms with Crippen LogP contribution in [0.2, 0.25) is 0 Å². The normalized spacial score (nSPS) is 18.6. The van der Waals surface area contributed by atoms with Gasteiger partial charge in [0.2, 0.25) is 0 Å². The van der Waals surface area contributed by atoms with Gasteiger partial charge in [-0.15, -0.1) is 0 Å². The van der Waals surface area contributed by atoms with Gasteiger partial charge in [-0.25, -0.2) is 0 Å². The third-order valence-electron chi connectivity index (χ3n) is 2.92. The summed E-state index contributed by atoms with van der Waals surface area (Å²) in [5.41, 5.74) is 1.43. The zero-order chi connectivity index (χ0) is 12.5. The minimum Gasteiger partial charge on any atom is -0.468 e. The maximum atomic E-state index is 9.18. The molecule has 1 fully saturated rings. The van der Waals surface area contributed by atoms with E-state index < -0.39 is 0 Å². The minimum absolute atomic E-state index is 0.431. The van der Waals surface area contributed by atoms with E-state index in [0.717, 1.165) is 12.6 Å². The molecule has 1 heterocycles. The second kappa shape index (κ2) is 7.85. The quantitative estimate of drug-likeness (QED) is 0.751. The molecule has 1 aromatic rings. The topological polar surface area (TPSA) is 29.5 Å². The van der Waals surface area contributed by atoms with E-state index in [1.165, 1.54) is 18.5 Å². The number of rotatable bonds is 4. The molecule has 3 nitrogen and oxygen atoms in total. The molecule has 1 aliphatic rings. The molecule has 0 amide bonds. The highest BCUT2D eigenvalue weighted by atomic mass is 16.5. The third-order valence-corrected chi connectivity index (χ3v) is 2.92. The fraction of sp³-hybridized carbons (Fsp3) is 0.500. The van der Waals surface area contributed by atoms with Gasteiger partial charge in [-0.3, -0.25) is 9.69 Å². The fourth-order valence-corrected chi connectivity index (χ4v) is 1.69. The Hall–Kier alpha value is -1.35. The summed E-state index contributed by atoms with van der Waals surface area (Å²) in [5, 5.41) is 0. The fourth-order valence-electron chi connectivity index (χ4n) is 1.69. The first-order valence-electron chi connectivity index (χ1n) is 6.11. The molecule has 1 aromatic carbocycles. The first kappa shape index (κ1) is 13.7. The maximum absolute atomic E-state index is 9.18. The SMILES string of the molecule is CC1CCN1Cc1ccccc1.CCOC=O. The highest BCUT2D eigenvalue weighted by molar-refractivity contribution is 5.36. The molecule has 0 aromatic heterocycles. The van der Waals surface area contributed by atoms with E-state index >= 15 is 0 Å². The van der Waals surface area contributed by atoms with Crippen LogP contribution in [0.3, 0.4) is 0 Å². The summed E-state index contributed by atoms with van der Waals surface area (Å²) in [6.07, 6.45) is 1.37. The van der Waals surface area contributed by atoms with Crippen molar-refractivity contribution in [3.05, 3.63) is 35.9 Å². The molecular formula is C14H21NO2. The van der Waals surface area contributed by atoms with Gasteiger partial charge in [0.25, 0.3) is 6.47 Å². The number of likely N-dealkylation sites (tertiary alicyclic amines) is 1. The molecule has 1 saturated heterocycles. The van der Waals surface area contributed by atoms with Gasteiger partial charge in [-0.1, -0.05) is 30.3 Å². The van der Waals surface area contributed by atoms with E-state index in [1.807, 2.05) is 0 Å². The Balaban J connectivity index is 0.000000249. The number of carbonyl (C=O) groups excluding carboxylic acids is 1. The van der Waals surface area contributed by atoms with Gasteiger partial charge in [0.15, 0.2) is 0 Å². The first-order chi connectivity index (χ1) is 8.27. The molecule has 3 heteroatoms. The predicted molar refractivity (Wildman–Crippen MR) is 68.6 cm³/mol. The lowest BCUT2D eigenvalue weighted by Gasteiger charge is -2.38. The van der Waals surface area contributed by atoms with Crippen molar-refractivity contribution in [1.82, 2.24) is 4.90 Å². The molecule has 0 N–H and O–H groups in total. The molecule has 1 atom stereocenters. The summed E-state index contributed by atoms with van der Waals surface area (Å²) in [6, 6.07) is 11.5. The molecule has 0 spiro atoms. The summed E-state index contributed by atoms with van der Waals surface area (Å²) in [6.45, 7) is 7.36. The molecule has 17 heavy (non-hydrogen) atoms. The van der Waals surface area contributed by atoms with Crippen molar-refractivity contribution in [2.75, 3.05) is 13.2 Å². The lowest BCUT2D eigenvalue weighted by molar-refractivity contribution is -0.128. The number of carbonyl (C=O) groups is 1. The van der Waals surface area contributed by atoms with Crippen molar-refractivity contribution in [2.24, 2.45) is 0 Å². The van der Waals surface area contributed by atoms with Crippen molar-refractivity contribution in [3.63, 3.8) is 0 Å². The average molecular weight is 235 g/mol. The van der Waals surface area contributed by atoms with Crippen LogP contribution < -0.4 is 0 Å². The van der Waals surface area contributed by atoms with E-state index in [0.29, 0.717) is 13.1 Å². The monoisotopic (exact) mass is 235 g/mol. The van der Waals surface area contributed by atoms with Crippen molar-refractivity contribution in [3.8, 4) is 0 Å². The van der Waals surface area contributed by atoms with E-state index in [2.05, 4.69) is 46.9 Å². The minimum atomic E-state index is 0.431.